The SMILES string of the molecule is Cc1cc(C(=O)c2ccsn2)ccc1Cl. The first kappa shape index (κ1) is 10.3. The van der Waals surface area contributed by atoms with Crippen LogP contribution in [0.3, 0.4) is 0 Å². The van der Waals surface area contributed by atoms with Crippen molar-refractivity contribution in [1.29, 1.82) is 0 Å². The molecule has 1 aromatic heterocycles. The lowest BCUT2D eigenvalue weighted by Gasteiger charge is -2.01. The maximum absolute atomic E-state index is 11.9. The molecule has 4 heteroatoms. The summed E-state index contributed by atoms with van der Waals surface area (Å²) in [5.41, 5.74) is 2.02. The van der Waals surface area contributed by atoms with Gasteiger partial charge in [0.2, 0.25) is 5.78 Å². The van der Waals surface area contributed by atoms with Gasteiger partial charge in [0, 0.05) is 16.0 Å². The lowest BCUT2D eigenvalue weighted by Crippen LogP contribution is -2.01. The zero-order chi connectivity index (χ0) is 10.8. The number of carbonyl (C=O) groups is 1. The zero-order valence-corrected chi connectivity index (χ0v) is 9.60. The van der Waals surface area contributed by atoms with E-state index in [-0.39, 0.29) is 5.78 Å². The summed E-state index contributed by atoms with van der Waals surface area (Å²) in [6, 6.07) is 6.95. The van der Waals surface area contributed by atoms with Gasteiger partial charge >= 0.3 is 0 Å². The number of benzene rings is 1. The molecule has 0 bridgehead atoms. The highest BCUT2D eigenvalue weighted by Crippen LogP contribution is 2.18. The molecule has 0 unspecified atom stereocenters. The second kappa shape index (κ2) is 4.13. The Morgan fingerprint density at radius 2 is 2.20 bits per heavy atom. The van der Waals surface area contributed by atoms with Gasteiger partial charge in [-0.25, -0.2) is 0 Å². The first-order valence-corrected chi connectivity index (χ1v) is 5.61. The molecule has 2 rings (SSSR count). The van der Waals surface area contributed by atoms with Crippen LogP contribution in [-0.4, -0.2) is 10.2 Å². The first-order chi connectivity index (χ1) is 7.18. The molecule has 0 spiro atoms. The Bertz CT molecular complexity index is 493. The van der Waals surface area contributed by atoms with Gasteiger partial charge in [-0.15, -0.1) is 0 Å². The van der Waals surface area contributed by atoms with Crippen molar-refractivity contribution in [2.45, 2.75) is 6.92 Å². The van der Waals surface area contributed by atoms with E-state index in [1.165, 1.54) is 11.5 Å². The predicted molar refractivity (Wildman–Crippen MR) is 61.7 cm³/mol. The Morgan fingerprint density at radius 3 is 2.80 bits per heavy atom. The van der Waals surface area contributed by atoms with Crippen molar-refractivity contribution in [3.05, 3.63) is 51.5 Å². The average Bonchev–Trinajstić information content (AvgIpc) is 2.74. The van der Waals surface area contributed by atoms with Gasteiger partial charge in [0.05, 0.1) is 0 Å². The number of aromatic nitrogens is 1. The molecule has 76 valence electrons. The van der Waals surface area contributed by atoms with Crippen molar-refractivity contribution in [2.24, 2.45) is 0 Å². The molecular formula is C11H8ClNOS. The van der Waals surface area contributed by atoms with Gasteiger partial charge in [-0.3, -0.25) is 4.79 Å². The fourth-order valence-electron chi connectivity index (χ4n) is 1.26. The van der Waals surface area contributed by atoms with Crippen molar-refractivity contribution in [3.8, 4) is 0 Å². The van der Waals surface area contributed by atoms with Crippen LogP contribution in [0.1, 0.15) is 21.6 Å². The van der Waals surface area contributed by atoms with Gasteiger partial charge in [0.1, 0.15) is 5.69 Å². The molecule has 15 heavy (non-hydrogen) atoms. The van der Waals surface area contributed by atoms with Gasteiger partial charge in [-0.1, -0.05) is 11.6 Å². The Morgan fingerprint density at radius 1 is 1.40 bits per heavy atom. The summed E-state index contributed by atoms with van der Waals surface area (Å²) >= 11 is 7.16. The minimum absolute atomic E-state index is 0.0592. The Kier molecular flexibility index (Phi) is 2.84. The van der Waals surface area contributed by atoms with Gasteiger partial charge in [-0.2, -0.15) is 4.37 Å². The second-order valence-corrected chi connectivity index (χ2v) is 4.25. The second-order valence-electron chi connectivity index (χ2n) is 3.18. The number of hydrogen-bond donors (Lipinski definition) is 0. The quantitative estimate of drug-likeness (QED) is 0.750. The third-order valence-electron chi connectivity index (χ3n) is 2.09. The molecule has 0 aliphatic heterocycles. The molecular weight excluding hydrogens is 230 g/mol. The van der Waals surface area contributed by atoms with Crippen molar-refractivity contribution < 1.29 is 4.79 Å². The van der Waals surface area contributed by atoms with Crippen LogP contribution < -0.4 is 0 Å². The topological polar surface area (TPSA) is 30.0 Å². The standard InChI is InChI=1S/C11H8ClNOS/c1-7-6-8(2-3-9(7)12)11(14)10-4-5-15-13-10/h2-6H,1H3. The number of carbonyl (C=O) groups excluding carboxylic acids is 1. The van der Waals surface area contributed by atoms with E-state index in [4.69, 9.17) is 11.6 Å². The van der Waals surface area contributed by atoms with Gasteiger partial charge in [0.25, 0.3) is 0 Å². The highest BCUT2D eigenvalue weighted by atomic mass is 35.5. The molecule has 0 aliphatic carbocycles. The van der Waals surface area contributed by atoms with Crippen molar-refractivity contribution >= 4 is 28.9 Å². The molecule has 0 N–H and O–H groups in total. The minimum atomic E-state index is -0.0592. The van der Waals surface area contributed by atoms with E-state index >= 15 is 0 Å². The number of rotatable bonds is 2. The smallest absolute Gasteiger partial charge is 0.212 e. The molecule has 0 saturated heterocycles. The summed E-state index contributed by atoms with van der Waals surface area (Å²) in [5.74, 6) is -0.0592. The van der Waals surface area contributed by atoms with Crippen molar-refractivity contribution in [3.63, 3.8) is 0 Å². The highest BCUT2D eigenvalue weighted by Gasteiger charge is 2.11. The number of halogens is 1. The Hall–Kier alpha value is -1.19. The Labute approximate surface area is 96.7 Å². The predicted octanol–water partition coefficient (Wildman–Crippen LogP) is 3.34. The van der Waals surface area contributed by atoms with Crippen LogP contribution in [0.15, 0.2) is 29.6 Å². The summed E-state index contributed by atoms with van der Waals surface area (Å²) in [4.78, 5) is 11.9. The van der Waals surface area contributed by atoms with Crippen LogP contribution in [0.5, 0.6) is 0 Å². The molecule has 0 saturated carbocycles. The maximum atomic E-state index is 11.9. The number of aryl methyl sites for hydroxylation is 1. The fraction of sp³-hybridized carbons (Fsp3) is 0.0909. The number of ketones is 1. The van der Waals surface area contributed by atoms with Gasteiger partial charge < -0.3 is 0 Å². The molecule has 2 nitrogen and oxygen atoms in total. The fourth-order valence-corrected chi connectivity index (χ4v) is 1.89. The van der Waals surface area contributed by atoms with E-state index in [1.54, 1.807) is 29.6 Å². The van der Waals surface area contributed by atoms with E-state index in [9.17, 15) is 4.79 Å². The zero-order valence-electron chi connectivity index (χ0n) is 8.03. The lowest BCUT2D eigenvalue weighted by atomic mass is 10.1. The molecule has 0 atom stereocenters. The molecule has 0 radical (unpaired) electrons. The Balaban J connectivity index is 2.39. The lowest BCUT2D eigenvalue weighted by molar-refractivity contribution is 0.103. The largest absolute Gasteiger partial charge is 0.287 e. The third kappa shape index (κ3) is 2.08. The maximum Gasteiger partial charge on any atom is 0.212 e. The monoisotopic (exact) mass is 237 g/mol. The number of nitrogens with zero attached hydrogens (tertiary/aromatic N) is 1. The summed E-state index contributed by atoms with van der Waals surface area (Å²) in [6.45, 7) is 1.88. The normalized spacial score (nSPS) is 10.3. The van der Waals surface area contributed by atoms with E-state index in [1.807, 2.05) is 6.92 Å². The minimum Gasteiger partial charge on any atom is -0.287 e. The van der Waals surface area contributed by atoms with Crippen LogP contribution in [0, 0.1) is 6.92 Å². The first-order valence-electron chi connectivity index (χ1n) is 4.40. The van der Waals surface area contributed by atoms with E-state index < -0.39 is 0 Å². The van der Waals surface area contributed by atoms with E-state index in [2.05, 4.69) is 4.37 Å². The van der Waals surface area contributed by atoms with Gasteiger partial charge in [0.15, 0.2) is 0 Å². The molecule has 0 aliphatic rings. The summed E-state index contributed by atoms with van der Waals surface area (Å²) in [7, 11) is 0. The van der Waals surface area contributed by atoms with Crippen LogP contribution >= 0.6 is 23.1 Å². The van der Waals surface area contributed by atoms with Crippen LogP contribution in [0.25, 0.3) is 0 Å². The van der Waals surface area contributed by atoms with Crippen LogP contribution in [-0.2, 0) is 0 Å². The third-order valence-corrected chi connectivity index (χ3v) is 3.07. The molecule has 1 aromatic carbocycles. The van der Waals surface area contributed by atoms with Crippen LogP contribution in [0.4, 0.5) is 0 Å². The molecule has 0 fully saturated rings. The van der Waals surface area contributed by atoms with E-state index in [0.717, 1.165) is 5.56 Å². The molecule has 0 amide bonds. The summed E-state index contributed by atoms with van der Waals surface area (Å²) in [6.07, 6.45) is 0. The summed E-state index contributed by atoms with van der Waals surface area (Å²) < 4.78 is 4.00. The van der Waals surface area contributed by atoms with Crippen molar-refractivity contribution in [2.75, 3.05) is 0 Å². The molecule has 1 heterocycles. The molecule has 2 aromatic rings. The van der Waals surface area contributed by atoms with Gasteiger partial charge in [-0.05, 0) is 48.3 Å². The number of hydrogen-bond acceptors (Lipinski definition) is 3. The highest BCUT2D eigenvalue weighted by molar-refractivity contribution is 7.03. The average molecular weight is 238 g/mol. The summed E-state index contributed by atoms with van der Waals surface area (Å²) in [5, 5.41) is 2.46. The van der Waals surface area contributed by atoms with Crippen LogP contribution in [0.2, 0.25) is 5.02 Å². The van der Waals surface area contributed by atoms with E-state index in [0.29, 0.717) is 16.3 Å². The van der Waals surface area contributed by atoms with Crippen molar-refractivity contribution in [1.82, 2.24) is 4.37 Å².